The molecule has 0 saturated heterocycles. The van der Waals surface area contributed by atoms with Crippen LogP contribution < -0.4 is 5.84 Å². The van der Waals surface area contributed by atoms with Crippen LogP contribution in [0.15, 0.2) is 35.6 Å². The second kappa shape index (κ2) is 4.16. The van der Waals surface area contributed by atoms with Crippen molar-refractivity contribution in [2.75, 3.05) is 12.1 Å². The molecule has 1 aromatic heterocycles. The fraction of sp³-hybridized carbons (Fsp3) is 0.100. The summed E-state index contributed by atoms with van der Waals surface area (Å²) in [7, 11) is 0. The molecule has 0 aliphatic carbocycles. The Morgan fingerprint density at radius 1 is 1.33 bits per heavy atom. The molecule has 1 aromatic carbocycles. The van der Waals surface area contributed by atoms with E-state index in [-0.39, 0.29) is 0 Å². The first kappa shape index (κ1) is 10.4. The van der Waals surface area contributed by atoms with Gasteiger partial charge in [0.1, 0.15) is 0 Å². The van der Waals surface area contributed by atoms with Gasteiger partial charge in [-0.2, -0.15) is 0 Å². The zero-order valence-electron chi connectivity index (χ0n) is 8.14. The first-order chi connectivity index (χ1) is 7.20. The van der Waals surface area contributed by atoms with E-state index in [0.717, 1.165) is 21.4 Å². The average molecular weight is 240 g/mol. The van der Waals surface area contributed by atoms with Crippen LogP contribution in [0.5, 0.6) is 0 Å². The van der Waals surface area contributed by atoms with Crippen molar-refractivity contribution in [1.82, 2.24) is 9.66 Å². The number of aromatic nitrogens is 2. The molecule has 0 atom stereocenters. The number of hydrogen-bond donors (Lipinski definition) is 1. The third kappa shape index (κ3) is 2.11. The number of nitrogens with zero attached hydrogens (tertiary/aromatic N) is 2. The Bertz CT molecular complexity index is 464. The third-order valence-corrected chi connectivity index (χ3v) is 2.94. The predicted molar refractivity (Wildman–Crippen MR) is 64.6 cm³/mol. The van der Waals surface area contributed by atoms with Gasteiger partial charge in [-0.1, -0.05) is 35.5 Å². The molecular formula is C10H10ClN3S. The summed E-state index contributed by atoms with van der Waals surface area (Å²) in [5.74, 6) is 5.73. The van der Waals surface area contributed by atoms with Crippen molar-refractivity contribution in [2.24, 2.45) is 0 Å². The van der Waals surface area contributed by atoms with Gasteiger partial charge in [-0.05, 0) is 18.4 Å². The van der Waals surface area contributed by atoms with Gasteiger partial charge in [-0.25, -0.2) is 9.66 Å². The van der Waals surface area contributed by atoms with E-state index >= 15 is 0 Å². The molecule has 0 unspecified atom stereocenters. The fourth-order valence-corrected chi connectivity index (χ4v) is 1.87. The molecule has 0 fully saturated rings. The zero-order chi connectivity index (χ0) is 10.8. The van der Waals surface area contributed by atoms with E-state index in [0.29, 0.717) is 0 Å². The predicted octanol–water partition coefficient (Wildman–Crippen LogP) is 2.64. The molecule has 2 N–H and O–H groups in total. The Hall–Kier alpha value is -1.13. The van der Waals surface area contributed by atoms with Crippen LogP contribution in [0.2, 0.25) is 5.02 Å². The minimum atomic E-state index is 0.719. The summed E-state index contributed by atoms with van der Waals surface area (Å²) in [4.78, 5) is 4.39. The van der Waals surface area contributed by atoms with E-state index in [1.54, 1.807) is 6.20 Å². The molecular weight excluding hydrogens is 230 g/mol. The highest BCUT2D eigenvalue weighted by molar-refractivity contribution is 7.98. The minimum absolute atomic E-state index is 0.719. The molecule has 5 heteroatoms. The summed E-state index contributed by atoms with van der Waals surface area (Å²) in [6, 6.07) is 7.53. The molecule has 0 bridgehead atoms. The highest BCUT2D eigenvalue weighted by atomic mass is 35.5. The normalized spacial score (nSPS) is 10.5. The lowest BCUT2D eigenvalue weighted by Crippen LogP contribution is -2.06. The average Bonchev–Trinajstić information content (AvgIpc) is 2.61. The van der Waals surface area contributed by atoms with Crippen molar-refractivity contribution < 1.29 is 0 Å². The smallest absolute Gasteiger partial charge is 0.186 e. The van der Waals surface area contributed by atoms with Crippen LogP contribution in [0.1, 0.15) is 0 Å². The lowest BCUT2D eigenvalue weighted by atomic mass is 10.2. The van der Waals surface area contributed by atoms with Gasteiger partial charge in [0, 0.05) is 10.6 Å². The summed E-state index contributed by atoms with van der Waals surface area (Å²) in [5.41, 5.74) is 1.87. The Morgan fingerprint density at radius 3 is 2.53 bits per heavy atom. The highest BCUT2D eigenvalue weighted by Crippen LogP contribution is 2.22. The molecule has 0 aliphatic rings. The molecule has 0 aliphatic heterocycles. The highest BCUT2D eigenvalue weighted by Gasteiger charge is 2.06. The number of halogens is 1. The third-order valence-electron chi connectivity index (χ3n) is 2.02. The van der Waals surface area contributed by atoms with Crippen molar-refractivity contribution >= 4 is 23.4 Å². The monoisotopic (exact) mass is 239 g/mol. The molecule has 15 heavy (non-hydrogen) atoms. The fourth-order valence-electron chi connectivity index (χ4n) is 1.29. The number of thioether (sulfide) groups is 1. The van der Waals surface area contributed by atoms with Gasteiger partial charge >= 0.3 is 0 Å². The summed E-state index contributed by atoms with van der Waals surface area (Å²) < 4.78 is 1.52. The Kier molecular flexibility index (Phi) is 2.88. The Balaban J connectivity index is 2.41. The number of benzene rings is 1. The number of hydrogen-bond acceptors (Lipinski definition) is 3. The molecule has 1 heterocycles. The molecule has 2 rings (SSSR count). The molecule has 0 amide bonds. The van der Waals surface area contributed by atoms with Gasteiger partial charge in [-0.3, -0.25) is 0 Å². The molecule has 0 saturated carbocycles. The standard InChI is InChI=1S/C10H10ClN3S/c1-15-10-13-9(6-14(10)12)7-2-4-8(11)5-3-7/h2-6H,12H2,1H3. The van der Waals surface area contributed by atoms with E-state index in [1.807, 2.05) is 30.5 Å². The SMILES string of the molecule is CSc1nc(-c2ccc(Cl)cc2)cn1N. The van der Waals surface area contributed by atoms with Crippen molar-refractivity contribution in [1.29, 1.82) is 0 Å². The lowest BCUT2D eigenvalue weighted by molar-refractivity contribution is 0.854. The van der Waals surface area contributed by atoms with Crippen LogP contribution in [0.4, 0.5) is 0 Å². The van der Waals surface area contributed by atoms with E-state index in [2.05, 4.69) is 4.98 Å². The van der Waals surface area contributed by atoms with E-state index in [9.17, 15) is 0 Å². The van der Waals surface area contributed by atoms with Gasteiger partial charge in [-0.15, -0.1) is 0 Å². The first-order valence-corrected chi connectivity index (χ1v) is 5.95. The van der Waals surface area contributed by atoms with Crippen LogP contribution in [0.3, 0.4) is 0 Å². The van der Waals surface area contributed by atoms with Crippen molar-refractivity contribution in [3.05, 3.63) is 35.5 Å². The van der Waals surface area contributed by atoms with E-state index < -0.39 is 0 Å². The van der Waals surface area contributed by atoms with Crippen molar-refractivity contribution in [3.63, 3.8) is 0 Å². The second-order valence-corrected chi connectivity index (χ2v) is 4.24. The van der Waals surface area contributed by atoms with Crippen LogP contribution in [-0.2, 0) is 0 Å². The van der Waals surface area contributed by atoms with E-state index in [1.165, 1.54) is 16.4 Å². The van der Waals surface area contributed by atoms with Crippen LogP contribution in [-0.4, -0.2) is 15.9 Å². The van der Waals surface area contributed by atoms with Gasteiger partial charge in [0.15, 0.2) is 5.16 Å². The first-order valence-electron chi connectivity index (χ1n) is 4.35. The quantitative estimate of drug-likeness (QED) is 0.647. The topological polar surface area (TPSA) is 43.8 Å². The molecule has 0 spiro atoms. The number of rotatable bonds is 2. The summed E-state index contributed by atoms with van der Waals surface area (Å²) in [6.07, 6.45) is 3.74. The van der Waals surface area contributed by atoms with Crippen LogP contribution in [0, 0.1) is 0 Å². The molecule has 3 nitrogen and oxygen atoms in total. The van der Waals surface area contributed by atoms with Crippen molar-refractivity contribution in [2.45, 2.75) is 5.16 Å². The second-order valence-electron chi connectivity index (χ2n) is 3.03. The van der Waals surface area contributed by atoms with Crippen LogP contribution >= 0.6 is 23.4 Å². The van der Waals surface area contributed by atoms with Gasteiger partial charge in [0.2, 0.25) is 0 Å². The van der Waals surface area contributed by atoms with E-state index in [4.69, 9.17) is 17.4 Å². The maximum Gasteiger partial charge on any atom is 0.186 e. The summed E-state index contributed by atoms with van der Waals surface area (Å²) >= 11 is 7.32. The van der Waals surface area contributed by atoms with Gasteiger partial charge in [0.05, 0.1) is 11.9 Å². The zero-order valence-corrected chi connectivity index (χ0v) is 9.72. The van der Waals surface area contributed by atoms with Gasteiger partial charge < -0.3 is 5.84 Å². The largest absolute Gasteiger partial charge is 0.337 e. The summed E-state index contributed by atoms with van der Waals surface area (Å²) in [6.45, 7) is 0. The Morgan fingerprint density at radius 2 is 2.00 bits per heavy atom. The maximum absolute atomic E-state index is 5.81. The number of nitrogens with two attached hydrogens (primary N) is 1. The Labute approximate surface area is 97.2 Å². The van der Waals surface area contributed by atoms with Crippen molar-refractivity contribution in [3.8, 4) is 11.3 Å². The van der Waals surface area contributed by atoms with Crippen LogP contribution in [0.25, 0.3) is 11.3 Å². The molecule has 78 valence electrons. The van der Waals surface area contributed by atoms with Gasteiger partial charge in [0.25, 0.3) is 0 Å². The number of imidazole rings is 1. The summed E-state index contributed by atoms with van der Waals surface area (Å²) in [5, 5.41) is 1.51. The molecule has 0 radical (unpaired) electrons. The number of nitrogen functional groups attached to an aromatic ring is 1. The lowest BCUT2D eigenvalue weighted by Gasteiger charge is -1.95. The minimum Gasteiger partial charge on any atom is -0.337 e. The molecule has 2 aromatic rings. The maximum atomic E-state index is 5.81.